The Hall–Kier alpha value is -2.49. The molecular formula is C23H28O4. The Kier molecular flexibility index (Phi) is 7.28. The summed E-state index contributed by atoms with van der Waals surface area (Å²) in [5, 5.41) is 0. The zero-order valence-electron chi connectivity index (χ0n) is 16.6. The normalized spacial score (nSPS) is 16.3. The number of allylic oxidation sites excluding steroid dienone is 4. The van der Waals surface area contributed by atoms with Crippen LogP contribution >= 0.6 is 0 Å². The first kappa shape index (κ1) is 20.8. The first-order valence-electron chi connectivity index (χ1n) is 9.53. The van der Waals surface area contributed by atoms with E-state index in [0.717, 1.165) is 18.4 Å². The van der Waals surface area contributed by atoms with Crippen molar-refractivity contribution >= 4 is 17.5 Å². The van der Waals surface area contributed by atoms with Crippen LogP contribution in [0.25, 0.3) is 0 Å². The molecule has 0 spiro atoms. The summed E-state index contributed by atoms with van der Waals surface area (Å²) in [6.07, 6.45) is 6.61. The molecule has 1 aliphatic carbocycles. The van der Waals surface area contributed by atoms with E-state index in [-0.39, 0.29) is 6.42 Å². The number of carbonyl (C=O) groups is 3. The van der Waals surface area contributed by atoms with Crippen molar-refractivity contribution < 1.29 is 19.1 Å². The van der Waals surface area contributed by atoms with Gasteiger partial charge < -0.3 is 4.74 Å². The molecule has 27 heavy (non-hydrogen) atoms. The molecule has 0 bridgehead atoms. The molecule has 0 aliphatic heterocycles. The second kappa shape index (κ2) is 9.45. The van der Waals surface area contributed by atoms with Gasteiger partial charge in [0.2, 0.25) is 17.7 Å². The number of Topliss-reactive ketones (excluding diaryl/α,β-unsaturated/α-hetero) is 2. The molecule has 4 nitrogen and oxygen atoms in total. The van der Waals surface area contributed by atoms with Crippen LogP contribution in [-0.4, -0.2) is 23.6 Å². The number of benzene rings is 1. The van der Waals surface area contributed by atoms with E-state index >= 15 is 0 Å². The smallest absolute Gasteiger partial charge is 0.306 e. The summed E-state index contributed by atoms with van der Waals surface area (Å²) in [6, 6.07) is 5.29. The molecule has 144 valence electrons. The molecule has 1 aromatic carbocycles. The zero-order chi connectivity index (χ0) is 20.0. The van der Waals surface area contributed by atoms with Crippen molar-refractivity contribution in [3.05, 3.63) is 58.2 Å². The molecule has 0 heterocycles. The van der Waals surface area contributed by atoms with Gasteiger partial charge in [-0.1, -0.05) is 42.4 Å². The van der Waals surface area contributed by atoms with Gasteiger partial charge in [-0.3, -0.25) is 14.4 Å². The molecule has 2 rings (SSSR count). The maximum absolute atomic E-state index is 12.5. The summed E-state index contributed by atoms with van der Waals surface area (Å²) in [5.41, 5.74) is 4.29. The number of ether oxygens (including phenoxy) is 1. The maximum atomic E-state index is 12.5. The number of rotatable bonds is 8. The number of hydrogen-bond donors (Lipinski definition) is 0. The first-order valence-corrected chi connectivity index (χ1v) is 9.53. The molecule has 1 aliphatic rings. The predicted octanol–water partition coefficient (Wildman–Crippen LogP) is 5.01. The number of fused-ring (bicyclic) bond motifs is 1. The summed E-state index contributed by atoms with van der Waals surface area (Å²) in [6.45, 7) is 8.13. The third kappa shape index (κ3) is 5.49. The summed E-state index contributed by atoms with van der Waals surface area (Å²) < 4.78 is 5.10. The fourth-order valence-corrected chi connectivity index (χ4v) is 3.02. The summed E-state index contributed by atoms with van der Waals surface area (Å²) >= 11 is 0. The zero-order valence-corrected chi connectivity index (χ0v) is 16.6. The maximum Gasteiger partial charge on any atom is 0.306 e. The molecule has 0 saturated heterocycles. The highest BCUT2D eigenvalue weighted by Crippen LogP contribution is 2.26. The van der Waals surface area contributed by atoms with Crippen LogP contribution < -0.4 is 0 Å². The Morgan fingerprint density at radius 3 is 2.41 bits per heavy atom. The van der Waals surface area contributed by atoms with E-state index in [1.165, 1.54) is 11.1 Å². The highest BCUT2D eigenvalue weighted by atomic mass is 16.5. The average molecular weight is 368 g/mol. The number of ketones is 2. The molecule has 0 saturated carbocycles. The van der Waals surface area contributed by atoms with Gasteiger partial charge in [-0.05, 0) is 58.1 Å². The lowest BCUT2D eigenvalue weighted by molar-refractivity contribution is -0.145. The molecule has 4 heteroatoms. The van der Waals surface area contributed by atoms with E-state index in [1.807, 2.05) is 13.0 Å². The SMILES string of the molecule is CCCC(=O)OC1C(=O)c2ccc(C/C=C(\C)CCC=C(C)C)cc2C1=O. The van der Waals surface area contributed by atoms with Crippen LogP contribution in [0.2, 0.25) is 0 Å². The van der Waals surface area contributed by atoms with Gasteiger partial charge in [0.05, 0.1) is 0 Å². The van der Waals surface area contributed by atoms with E-state index in [0.29, 0.717) is 24.0 Å². The molecule has 0 fully saturated rings. The van der Waals surface area contributed by atoms with Crippen LogP contribution in [0.4, 0.5) is 0 Å². The minimum atomic E-state index is -1.31. The van der Waals surface area contributed by atoms with Crippen molar-refractivity contribution in [1.82, 2.24) is 0 Å². The van der Waals surface area contributed by atoms with Gasteiger partial charge in [0.15, 0.2) is 0 Å². The van der Waals surface area contributed by atoms with Gasteiger partial charge in [0, 0.05) is 17.5 Å². The van der Waals surface area contributed by atoms with Gasteiger partial charge in [0.1, 0.15) is 0 Å². The monoisotopic (exact) mass is 368 g/mol. The van der Waals surface area contributed by atoms with Crippen LogP contribution in [0.15, 0.2) is 41.5 Å². The first-order chi connectivity index (χ1) is 12.8. The van der Waals surface area contributed by atoms with E-state index < -0.39 is 23.6 Å². The number of hydrogen-bond acceptors (Lipinski definition) is 4. The standard InChI is InChI=1S/C23H28O4/c1-5-7-20(24)27-23-21(25)18-13-12-17(14-19(18)22(23)26)11-10-16(4)9-6-8-15(2)3/h8,10,12-14,23H,5-7,9,11H2,1-4H3/b16-10+. The predicted molar refractivity (Wildman–Crippen MR) is 106 cm³/mol. The van der Waals surface area contributed by atoms with Crippen molar-refractivity contribution in [2.45, 2.75) is 65.9 Å². The topological polar surface area (TPSA) is 60.4 Å². The molecule has 0 radical (unpaired) electrons. The highest BCUT2D eigenvalue weighted by molar-refractivity contribution is 6.29. The molecule has 0 aromatic heterocycles. The van der Waals surface area contributed by atoms with Crippen LogP contribution in [0.3, 0.4) is 0 Å². The quantitative estimate of drug-likeness (QED) is 0.367. The molecule has 0 amide bonds. The largest absolute Gasteiger partial charge is 0.445 e. The Labute approximate surface area is 161 Å². The molecule has 0 N–H and O–H groups in total. The second-order valence-electron chi connectivity index (χ2n) is 7.30. The second-order valence-corrected chi connectivity index (χ2v) is 7.30. The Morgan fingerprint density at radius 1 is 1.04 bits per heavy atom. The van der Waals surface area contributed by atoms with E-state index in [2.05, 4.69) is 32.9 Å². The number of carbonyl (C=O) groups excluding carboxylic acids is 3. The Bertz CT molecular complexity index is 795. The molecule has 1 atom stereocenters. The van der Waals surface area contributed by atoms with Crippen LogP contribution in [0.5, 0.6) is 0 Å². The fraction of sp³-hybridized carbons (Fsp3) is 0.435. The van der Waals surface area contributed by atoms with E-state index in [9.17, 15) is 14.4 Å². The van der Waals surface area contributed by atoms with Gasteiger partial charge in [-0.15, -0.1) is 0 Å². The summed E-state index contributed by atoms with van der Waals surface area (Å²) in [5.74, 6) is -1.34. The highest BCUT2D eigenvalue weighted by Gasteiger charge is 2.41. The van der Waals surface area contributed by atoms with Crippen molar-refractivity contribution in [3.63, 3.8) is 0 Å². The van der Waals surface area contributed by atoms with Crippen molar-refractivity contribution in [3.8, 4) is 0 Å². The molecule has 1 aromatic rings. The minimum Gasteiger partial charge on any atom is -0.445 e. The Morgan fingerprint density at radius 2 is 1.74 bits per heavy atom. The third-order valence-corrected chi connectivity index (χ3v) is 4.57. The molecule has 1 unspecified atom stereocenters. The minimum absolute atomic E-state index is 0.204. The van der Waals surface area contributed by atoms with Crippen LogP contribution in [0, 0.1) is 0 Å². The van der Waals surface area contributed by atoms with Gasteiger partial charge >= 0.3 is 5.97 Å². The van der Waals surface area contributed by atoms with Crippen molar-refractivity contribution in [2.24, 2.45) is 0 Å². The van der Waals surface area contributed by atoms with Gasteiger partial charge in [0.25, 0.3) is 0 Å². The molecular weight excluding hydrogens is 340 g/mol. The lowest BCUT2D eigenvalue weighted by Gasteiger charge is -2.08. The van der Waals surface area contributed by atoms with E-state index in [1.54, 1.807) is 12.1 Å². The Balaban J connectivity index is 2.07. The lowest BCUT2D eigenvalue weighted by atomic mass is 10.0. The van der Waals surface area contributed by atoms with E-state index in [4.69, 9.17) is 4.74 Å². The third-order valence-electron chi connectivity index (χ3n) is 4.57. The summed E-state index contributed by atoms with van der Waals surface area (Å²) in [4.78, 5) is 36.6. The lowest BCUT2D eigenvalue weighted by Crippen LogP contribution is -2.28. The fourth-order valence-electron chi connectivity index (χ4n) is 3.02. The summed E-state index contributed by atoms with van der Waals surface area (Å²) in [7, 11) is 0. The van der Waals surface area contributed by atoms with Crippen molar-refractivity contribution in [1.29, 1.82) is 0 Å². The van der Waals surface area contributed by atoms with Crippen LogP contribution in [-0.2, 0) is 16.0 Å². The van der Waals surface area contributed by atoms with Gasteiger partial charge in [-0.2, -0.15) is 0 Å². The van der Waals surface area contributed by atoms with Gasteiger partial charge in [-0.25, -0.2) is 0 Å². The average Bonchev–Trinajstić information content (AvgIpc) is 2.84. The number of esters is 1. The van der Waals surface area contributed by atoms with Crippen LogP contribution in [0.1, 0.15) is 79.7 Å². The van der Waals surface area contributed by atoms with Crippen molar-refractivity contribution in [2.75, 3.05) is 0 Å².